The molecule has 0 heterocycles. The van der Waals surface area contributed by atoms with Gasteiger partial charge >= 0.3 is 0 Å². The highest BCUT2D eigenvalue weighted by atomic mass is 32.2. The monoisotopic (exact) mass is 275 g/mol. The molecule has 1 rings (SSSR count). The van der Waals surface area contributed by atoms with Gasteiger partial charge in [0.15, 0.2) is 0 Å². The Bertz CT molecular complexity index is 462. The van der Waals surface area contributed by atoms with E-state index in [-0.39, 0.29) is 11.4 Å². The van der Waals surface area contributed by atoms with E-state index in [2.05, 4.69) is 4.72 Å². The van der Waals surface area contributed by atoms with E-state index < -0.39 is 15.8 Å². The maximum Gasteiger partial charge on any atom is 0.243 e. The normalized spacial score (nSPS) is 11.7. The number of hydrogen-bond acceptors (Lipinski definition) is 3. The lowest BCUT2D eigenvalue weighted by Crippen LogP contribution is -2.26. The van der Waals surface area contributed by atoms with Gasteiger partial charge in [-0.25, -0.2) is 17.5 Å². The summed E-state index contributed by atoms with van der Waals surface area (Å²) < 4.78 is 44.4. The Morgan fingerprint density at radius 3 is 2.67 bits per heavy atom. The molecule has 0 saturated heterocycles. The van der Waals surface area contributed by atoms with Crippen molar-refractivity contribution in [2.75, 3.05) is 19.8 Å². The van der Waals surface area contributed by atoms with Gasteiger partial charge in [-0.05, 0) is 25.0 Å². The standard InChI is InChI=1S/C12H18FNO3S/c1-2-9-17-10-5-8-14-18(15,16)12-7-4-3-6-11(12)13/h3-4,6-7,14H,2,5,8-10H2,1H3. The zero-order valence-electron chi connectivity index (χ0n) is 10.4. The Balaban J connectivity index is 2.44. The summed E-state index contributed by atoms with van der Waals surface area (Å²) >= 11 is 0. The van der Waals surface area contributed by atoms with Crippen molar-refractivity contribution < 1.29 is 17.5 Å². The van der Waals surface area contributed by atoms with Crippen LogP contribution in [0.4, 0.5) is 4.39 Å². The first kappa shape index (κ1) is 15.1. The van der Waals surface area contributed by atoms with Gasteiger partial charge in [-0.15, -0.1) is 0 Å². The second kappa shape index (κ2) is 7.45. The molecular weight excluding hydrogens is 257 g/mol. The first-order valence-corrected chi connectivity index (χ1v) is 7.38. The van der Waals surface area contributed by atoms with Gasteiger partial charge in [0.05, 0.1) is 0 Å². The highest BCUT2D eigenvalue weighted by molar-refractivity contribution is 7.89. The number of rotatable bonds is 8. The van der Waals surface area contributed by atoms with Gasteiger partial charge in [-0.2, -0.15) is 0 Å². The minimum absolute atomic E-state index is 0.236. The van der Waals surface area contributed by atoms with E-state index in [9.17, 15) is 12.8 Å². The summed E-state index contributed by atoms with van der Waals surface area (Å²) in [4.78, 5) is -0.320. The molecule has 0 aliphatic rings. The highest BCUT2D eigenvalue weighted by Crippen LogP contribution is 2.12. The largest absolute Gasteiger partial charge is 0.381 e. The molecule has 0 radical (unpaired) electrons. The first-order chi connectivity index (χ1) is 8.58. The molecule has 0 aromatic heterocycles. The third-order valence-corrected chi connectivity index (χ3v) is 3.73. The molecule has 0 spiro atoms. The molecule has 0 atom stereocenters. The fourth-order valence-corrected chi connectivity index (χ4v) is 2.52. The van der Waals surface area contributed by atoms with E-state index >= 15 is 0 Å². The summed E-state index contributed by atoms with van der Waals surface area (Å²) in [5, 5.41) is 0. The van der Waals surface area contributed by atoms with Crippen LogP contribution < -0.4 is 4.72 Å². The lowest BCUT2D eigenvalue weighted by molar-refractivity contribution is 0.133. The van der Waals surface area contributed by atoms with Crippen molar-refractivity contribution in [3.8, 4) is 0 Å². The van der Waals surface area contributed by atoms with Gasteiger partial charge in [-0.3, -0.25) is 0 Å². The maximum absolute atomic E-state index is 13.3. The summed E-state index contributed by atoms with van der Waals surface area (Å²) in [5.41, 5.74) is 0. The lowest BCUT2D eigenvalue weighted by atomic mass is 10.4. The second-order valence-corrected chi connectivity index (χ2v) is 5.53. The van der Waals surface area contributed by atoms with E-state index in [1.807, 2.05) is 6.92 Å². The van der Waals surface area contributed by atoms with Crippen LogP contribution in [-0.2, 0) is 14.8 Å². The number of nitrogens with one attached hydrogen (secondary N) is 1. The van der Waals surface area contributed by atoms with E-state index in [4.69, 9.17) is 4.74 Å². The number of benzene rings is 1. The van der Waals surface area contributed by atoms with Crippen molar-refractivity contribution in [3.05, 3.63) is 30.1 Å². The van der Waals surface area contributed by atoms with Crippen molar-refractivity contribution in [2.24, 2.45) is 0 Å². The zero-order chi connectivity index (χ0) is 13.4. The van der Waals surface area contributed by atoms with Crippen molar-refractivity contribution in [2.45, 2.75) is 24.7 Å². The average Bonchev–Trinajstić information content (AvgIpc) is 2.34. The molecule has 0 unspecified atom stereocenters. The summed E-state index contributed by atoms with van der Waals surface area (Å²) in [6.07, 6.45) is 1.49. The quantitative estimate of drug-likeness (QED) is 0.737. The molecule has 18 heavy (non-hydrogen) atoms. The predicted molar refractivity (Wildman–Crippen MR) is 67.3 cm³/mol. The van der Waals surface area contributed by atoms with Crippen molar-refractivity contribution in [1.29, 1.82) is 0 Å². The van der Waals surface area contributed by atoms with Crippen LogP contribution in [0, 0.1) is 5.82 Å². The van der Waals surface area contributed by atoms with Crippen LogP contribution >= 0.6 is 0 Å². The SMILES string of the molecule is CCCOCCCNS(=O)(=O)c1ccccc1F. The van der Waals surface area contributed by atoms with Crippen LogP contribution in [0.3, 0.4) is 0 Å². The molecule has 1 N–H and O–H groups in total. The third kappa shape index (κ3) is 4.72. The van der Waals surface area contributed by atoms with Crippen molar-refractivity contribution in [3.63, 3.8) is 0 Å². The highest BCUT2D eigenvalue weighted by Gasteiger charge is 2.17. The fraction of sp³-hybridized carbons (Fsp3) is 0.500. The second-order valence-electron chi connectivity index (χ2n) is 3.79. The molecule has 0 amide bonds. The molecule has 0 aliphatic carbocycles. The topological polar surface area (TPSA) is 55.4 Å². The van der Waals surface area contributed by atoms with Gasteiger partial charge in [0, 0.05) is 19.8 Å². The summed E-state index contributed by atoms with van der Waals surface area (Å²) in [6, 6.07) is 5.30. The first-order valence-electron chi connectivity index (χ1n) is 5.90. The van der Waals surface area contributed by atoms with Crippen molar-refractivity contribution in [1.82, 2.24) is 4.72 Å². The van der Waals surface area contributed by atoms with Crippen LogP contribution in [0.2, 0.25) is 0 Å². The molecule has 1 aromatic carbocycles. The Morgan fingerprint density at radius 1 is 1.28 bits per heavy atom. The van der Waals surface area contributed by atoms with E-state index in [1.165, 1.54) is 18.2 Å². The summed E-state index contributed by atoms with van der Waals surface area (Å²) in [5.74, 6) is -0.743. The Labute approximate surface area is 107 Å². The molecule has 4 nitrogen and oxygen atoms in total. The van der Waals surface area contributed by atoms with Gasteiger partial charge in [0.25, 0.3) is 0 Å². The van der Waals surface area contributed by atoms with E-state index in [0.29, 0.717) is 19.6 Å². The minimum Gasteiger partial charge on any atom is -0.381 e. The van der Waals surface area contributed by atoms with Crippen LogP contribution in [0.1, 0.15) is 19.8 Å². The third-order valence-electron chi connectivity index (χ3n) is 2.23. The number of hydrogen-bond donors (Lipinski definition) is 1. The van der Waals surface area contributed by atoms with Gasteiger partial charge < -0.3 is 4.74 Å². The Hall–Kier alpha value is -0.980. The van der Waals surface area contributed by atoms with Crippen LogP contribution in [0.25, 0.3) is 0 Å². The van der Waals surface area contributed by atoms with Crippen LogP contribution in [0.15, 0.2) is 29.2 Å². The average molecular weight is 275 g/mol. The molecule has 6 heteroatoms. The number of halogens is 1. The Morgan fingerprint density at radius 2 is 2.00 bits per heavy atom. The molecular formula is C12H18FNO3S. The van der Waals surface area contributed by atoms with Crippen molar-refractivity contribution >= 4 is 10.0 Å². The Kier molecular flexibility index (Phi) is 6.24. The molecule has 0 bridgehead atoms. The van der Waals surface area contributed by atoms with Crippen LogP contribution in [0.5, 0.6) is 0 Å². The molecule has 0 aliphatic heterocycles. The zero-order valence-corrected chi connectivity index (χ0v) is 11.2. The molecule has 1 aromatic rings. The summed E-state index contributed by atoms with van der Waals surface area (Å²) in [7, 11) is -3.76. The maximum atomic E-state index is 13.3. The number of ether oxygens (including phenoxy) is 1. The smallest absolute Gasteiger partial charge is 0.243 e. The molecule has 0 saturated carbocycles. The van der Waals surface area contributed by atoms with Gasteiger partial charge in [-0.1, -0.05) is 19.1 Å². The van der Waals surface area contributed by atoms with Crippen LogP contribution in [-0.4, -0.2) is 28.2 Å². The summed E-state index contributed by atoms with van der Waals surface area (Å²) in [6.45, 7) is 3.40. The lowest BCUT2D eigenvalue weighted by Gasteiger charge is -2.07. The predicted octanol–water partition coefficient (Wildman–Crippen LogP) is 1.92. The minimum atomic E-state index is -3.76. The number of sulfonamides is 1. The van der Waals surface area contributed by atoms with Gasteiger partial charge in [0.2, 0.25) is 10.0 Å². The van der Waals surface area contributed by atoms with E-state index in [1.54, 1.807) is 0 Å². The van der Waals surface area contributed by atoms with E-state index in [0.717, 1.165) is 12.5 Å². The van der Waals surface area contributed by atoms with Gasteiger partial charge in [0.1, 0.15) is 10.7 Å². The molecule has 102 valence electrons. The molecule has 0 fully saturated rings. The fourth-order valence-electron chi connectivity index (χ4n) is 1.37.